The first kappa shape index (κ1) is 13.0. The third-order valence-corrected chi connectivity index (χ3v) is 2.12. The van der Waals surface area contributed by atoms with Crippen LogP contribution in [0.4, 0.5) is 0 Å². The summed E-state index contributed by atoms with van der Waals surface area (Å²) in [6.07, 6.45) is 0. The van der Waals surface area contributed by atoms with Crippen molar-refractivity contribution in [3.05, 3.63) is 23.8 Å². The summed E-state index contributed by atoms with van der Waals surface area (Å²) in [6, 6.07) is 4.81. The second-order valence-corrected chi connectivity index (χ2v) is 3.27. The van der Waals surface area contributed by atoms with E-state index in [0.717, 1.165) is 0 Å². The summed E-state index contributed by atoms with van der Waals surface area (Å²) in [5.74, 6) is 0.165. The number of ketones is 1. The second-order valence-electron chi connectivity index (χ2n) is 3.27. The van der Waals surface area contributed by atoms with Crippen molar-refractivity contribution < 1.29 is 23.8 Å². The molecule has 0 heterocycles. The van der Waals surface area contributed by atoms with Crippen molar-refractivity contribution in [1.82, 2.24) is 0 Å². The standard InChI is InChI=1S/C12H14O5/c1-8(13)17-7-11(14)10-5-4-9(15-2)6-12(10)16-3/h4-6H,7H2,1-3H3. The van der Waals surface area contributed by atoms with Crippen LogP contribution in [0.2, 0.25) is 0 Å². The molecule has 5 nitrogen and oxygen atoms in total. The van der Waals surface area contributed by atoms with Gasteiger partial charge in [-0.3, -0.25) is 9.59 Å². The molecule has 0 aromatic heterocycles. The zero-order valence-electron chi connectivity index (χ0n) is 9.98. The number of hydrogen-bond acceptors (Lipinski definition) is 5. The fraction of sp³-hybridized carbons (Fsp3) is 0.333. The minimum Gasteiger partial charge on any atom is -0.497 e. The van der Waals surface area contributed by atoms with E-state index < -0.39 is 5.97 Å². The predicted molar refractivity (Wildman–Crippen MR) is 60.5 cm³/mol. The Labute approximate surface area is 99.3 Å². The van der Waals surface area contributed by atoms with Crippen LogP contribution in [-0.2, 0) is 9.53 Å². The Morgan fingerprint density at radius 2 is 1.88 bits per heavy atom. The van der Waals surface area contributed by atoms with E-state index in [-0.39, 0.29) is 12.4 Å². The molecule has 5 heteroatoms. The first-order valence-corrected chi connectivity index (χ1v) is 4.97. The van der Waals surface area contributed by atoms with Crippen LogP contribution in [0.1, 0.15) is 17.3 Å². The van der Waals surface area contributed by atoms with Gasteiger partial charge in [-0.1, -0.05) is 0 Å². The molecule has 0 N–H and O–H groups in total. The van der Waals surface area contributed by atoms with E-state index in [1.165, 1.54) is 21.1 Å². The average Bonchev–Trinajstić information content (AvgIpc) is 2.34. The molecule has 92 valence electrons. The fourth-order valence-corrected chi connectivity index (χ4v) is 1.27. The van der Waals surface area contributed by atoms with Gasteiger partial charge >= 0.3 is 5.97 Å². The number of carbonyl (C=O) groups excluding carboxylic acids is 2. The first-order chi connectivity index (χ1) is 8.08. The maximum atomic E-state index is 11.7. The Bertz CT molecular complexity index is 425. The summed E-state index contributed by atoms with van der Waals surface area (Å²) in [5, 5.41) is 0. The summed E-state index contributed by atoms with van der Waals surface area (Å²) >= 11 is 0. The molecule has 0 aliphatic rings. The van der Waals surface area contributed by atoms with Crippen molar-refractivity contribution in [1.29, 1.82) is 0 Å². The lowest BCUT2D eigenvalue weighted by atomic mass is 10.1. The van der Waals surface area contributed by atoms with Gasteiger partial charge in [0.25, 0.3) is 0 Å². The van der Waals surface area contributed by atoms with E-state index in [1.807, 2.05) is 0 Å². The predicted octanol–water partition coefficient (Wildman–Crippen LogP) is 1.45. The smallest absolute Gasteiger partial charge is 0.303 e. The third kappa shape index (κ3) is 3.48. The maximum Gasteiger partial charge on any atom is 0.303 e. The van der Waals surface area contributed by atoms with Gasteiger partial charge in [0.1, 0.15) is 11.5 Å². The summed E-state index contributed by atoms with van der Waals surface area (Å²) < 4.78 is 14.7. The van der Waals surface area contributed by atoms with Gasteiger partial charge in [-0.2, -0.15) is 0 Å². The quantitative estimate of drug-likeness (QED) is 0.574. The fourth-order valence-electron chi connectivity index (χ4n) is 1.27. The molecule has 0 spiro atoms. The van der Waals surface area contributed by atoms with E-state index in [1.54, 1.807) is 18.2 Å². The molecule has 0 saturated heterocycles. The van der Waals surface area contributed by atoms with Gasteiger partial charge in [0.05, 0.1) is 19.8 Å². The maximum absolute atomic E-state index is 11.7. The van der Waals surface area contributed by atoms with Crippen molar-refractivity contribution in [2.45, 2.75) is 6.92 Å². The second kappa shape index (κ2) is 5.89. The zero-order chi connectivity index (χ0) is 12.8. The number of benzene rings is 1. The molecule has 0 bridgehead atoms. The summed E-state index contributed by atoms with van der Waals surface area (Å²) in [7, 11) is 2.98. The van der Waals surface area contributed by atoms with Crippen LogP contribution in [0.3, 0.4) is 0 Å². The molecule has 0 radical (unpaired) electrons. The lowest BCUT2D eigenvalue weighted by molar-refractivity contribution is -0.139. The third-order valence-electron chi connectivity index (χ3n) is 2.12. The van der Waals surface area contributed by atoms with Crippen LogP contribution in [0.5, 0.6) is 11.5 Å². The highest BCUT2D eigenvalue weighted by atomic mass is 16.5. The van der Waals surface area contributed by atoms with Crippen molar-refractivity contribution in [2.75, 3.05) is 20.8 Å². The number of rotatable bonds is 5. The van der Waals surface area contributed by atoms with Gasteiger partial charge in [0.15, 0.2) is 6.61 Å². The largest absolute Gasteiger partial charge is 0.497 e. The number of hydrogen-bond donors (Lipinski definition) is 0. The average molecular weight is 238 g/mol. The van der Waals surface area contributed by atoms with Gasteiger partial charge in [0.2, 0.25) is 5.78 Å². The molecule has 1 aromatic carbocycles. The van der Waals surface area contributed by atoms with Gasteiger partial charge in [0, 0.05) is 13.0 Å². The van der Waals surface area contributed by atoms with Crippen LogP contribution in [0.25, 0.3) is 0 Å². The van der Waals surface area contributed by atoms with Crippen molar-refractivity contribution in [3.8, 4) is 11.5 Å². The number of carbonyl (C=O) groups is 2. The summed E-state index contributed by atoms with van der Waals surface area (Å²) in [6.45, 7) is 0.955. The normalized spacial score (nSPS) is 9.59. The topological polar surface area (TPSA) is 61.8 Å². The van der Waals surface area contributed by atoms with Gasteiger partial charge in [-0.05, 0) is 12.1 Å². The van der Waals surface area contributed by atoms with Gasteiger partial charge < -0.3 is 14.2 Å². The Balaban J connectivity index is 2.89. The monoisotopic (exact) mass is 238 g/mol. The molecular weight excluding hydrogens is 224 g/mol. The summed E-state index contributed by atoms with van der Waals surface area (Å²) in [4.78, 5) is 22.3. The van der Waals surface area contributed by atoms with Crippen LogP contribution < -0.4 is 9.47 Å². The van der Waals surface area contributed by atoms with Crippen molar-refractivity contribution in [2.24, 2.45) is 0 Å². The number of methoxy groups -OCH3 is 2. The van der Waals surface area contributed by atoms with E-state index in [4.69, 9.17) is 9.47 Å². The molecule has 0 atom stereocenters. The van der Waals surface area contributed by atoms with Crippen molar-refractivity contribution >= 4 is 11.8 Å². The van der Waals surface area contributed by atoms with E-state index in [9.17, 15) is 9.59 Å². The van der Waals surface area contributed by atoms with Crippen LogP contribution >= 0.6 is 0 Å². The molecule has 0 amide bonds. The highest BCUT2D eigenvalue weighted by Gasteiger charge is 2.14. The highest BCUT2D eigenvalue weighted by molar-refractivity contribution is 6.00. The highest BCUT2D eigenvalue weighted by Crippen LogP contribution is 2.24. The van der Waals surface area contributed by atoms with E-state index in [2.05, 4.69) is 4.74 Å². The molecule has 1 rings (SSSR count). The van der Waals surface area contributed by atoms with Gasteiger partial charge in [-0.25, -0.2) is 0 Å². The van der Waals surface area contributed by atoms with Crippen molar-refractivity contribution in [3.63, 3.8) is 0 Å². The van der Waals surface area contributed by atoms with Gasteiger partial charge in [-0.15, -0.1) is 0 Å². The number of Topliss-reactive ketones (excluding diaryl/α,β-unsaturated/α-hetero) is 1. The molecular formula is C12H14O5. The SMILES string of the molecule is COc1ccc(C(=O)COC(C)=O)c(OC)c1. The van der Waals surface area contributed by atoms with E-state index >= 15 is 0 Å². The minimum absolute atomic E-state index is 0.294. The molecule has 0 saturated carbocycles. The molecule has 0 aliphatic heterocycles. The number of ether oxygens (including phenoxy) is 3. The Kier molecular flexibility index (Phi) is 4.51. The van der Waals surface area contributed by atoms with Crippen LogP contribution in [0.15, 0.2) is 18.2 Å². The Hall–Kier alpha value is -2.04. The Morgan fingerprint density at radius 3 is 2.41 bits per heavy atom. The first-order valence-electron chi connectivity index (χ1n) is 4.97. The summed E-state index contributed by atoms with van der Waals surface area (Å²) in [5.41, 5.74) is 0.356. The molecule has 0 unspecified atom stereocenters. The lowest BCUT2D eigenvalue weighted by Gasteiger charge is -2.09. The molecule has 0 fully saturated rings. The van der Waals surface area contributed by atoms with Crippen LogP contribution in [0, 0.1) is 0 Å². The lowest BCUT2D eigenvalue weighted by Crippen LogP contribution is -2.12. The van der Waals surface area contributed by atoms with E-state index in [0.29, 0.717) is 17.1 Å². The molecule has 0 aliphatic carbocycles. The minimum atomic E-state index is -0.495. The Morgan fingerprint density at radius 1 is 1.18 bits per heavy atom. The number of esters is 1. The van der Waals surface area contributed by atoms with Crippen LogP contribution in [-0.4, -0.2) is 32.6 Å². The molecule has 17 heavy (non-hydrogen) atoms. The zero-order valence-corrected chi connectivity index (χ0v) is 9.98. The molecule has 1 aromatic rings.